The molecule has 0 atom stereocenters. The van der Waals surface area contributed by atoms with Crippen molar-refractivity contribution in [1.82, 2.24) is 14.5 Å². The van der Waals surface area contributed by atoms with Crippen molar-refractivity contribution in [2.45, 2.75) is 19.9 Å². The molecule has 5 heteroatoms. The topological polar surface area (TPSA) is 47.4 Å². The first-order valence-corrected chi connectivity index (χ1v) is 7.09. The number of nitrogens with zero attached hydrogens (tertiary/aromatic N) is 3. The van der Waals surface area contributed by atoms with Crippen molar-refractivity contribution in [3.63, 3.8) is 0 Å². The average molecular weight is 287 g/mol. The molecule has 0 radical (unpaired) electrons. The van der Waals surface area contributed by atoms with Gasteiger partial charge in [0.1, 0.15) is 0 Å². The maximum Gasteiger partial charge on any atom is 0.319 e. The van der Waals surface area contributed by atoms with E-state index in [1.807, 2.05) is 10.8 Å². The molecule has 0 spiro atoms. The Balaban J connectivity index is 2.01. The summed E-state index contributed by atoms with van der Waals surface area (Å²) in [5.74, 6) is -0.196. The molecule has 5 nitrogen and oxygen atoms in total. The lowest BCUT2D eigenvalue weighted by Gasteiger charge is -2.20. The highest BCUT2D eigenvalue weighted by molar-refractivity contribution is 5.71. The maximum atomic E-state index is 11.4. The summed E-state index contributed by atoms with van der Waals surface area (Å²) in [4.78, 5) is 17.6. The third-order valence-electron chi connectivity index (χ3n) is 3.27. The van der Waals surface area contributed by atoms with Crippen molar-refractivity contribution in [2.24, 2.45) is 0 Å². The van der Waals surface area contributed by atoms with Gasteiger partial charge in [0.2, 0.25) is 0 Å². The number of carbonyl (C=O) groups excluding carboxylic acids is 1. The zero-order valence-electron chi connectivity index (χ0n) is 12.5. The van der Waals surface area contributed by atoms with E-state index in [4.69, 9.17) is 4.74 Å². The largest absolute Gasteiger partial charge is 0.468 e. The van der Waals surface area contributed by atoms with Crippen LogP contribution < -0.4 is 0 Å². The molecule has 1 heterocycles. The van der Waals surface area contributed by atoms with Crippen LogP contribution >= 0.6 is 0 Å². The molecule has 21 heavy (non-hydrogen) atoms. The van der Waals surface area contributed by atoms with Crippen molar-refractivity contribution in [3.05, 3.63) is 48.5 Å². The van der Waals surface area contributed by atoms with E-state index in [-0.39, 0.29) is 5.97 Å². The van der Waals surface area contributed by atoms with E-state index in [0.717, 1.165) is 25.2 Å². The zero-order valence-corrected chi connectivity index (χ0v) is 12.5. The molecule has 0 bridgehead atoms. The first kappa shape index (κ1) is 15.3. The van der Waals surface area contributed by atoms with Crippen LogP contribution in [0.2, 0.25) is 0 Å². The predicted molar refractivity (Wildman–Crippen MR) is 81.1 cm³/mol. The summed E-state index contributed by atoms with van der Waals surface area (Å²) < 4.78 is 6.70. The molecule has 0 aliphatic rings. The van der Waals surface area contributed by atoms with Gasteiger partial charge in [0.25, 0.3) is 0 Å². The highest BCUT2D eigenvalue weighted by Crippen LogP contribution is 2.11. The molecule has 0 fully saturated rings. The number of hydrogen-bond acceptors (Lipinski definition) is 4. The van der Waals surface area contributed by atoms with E-state index in [1.54, 1.807) is 12.5 Å². The molecule has 112 valence electrons. The minimum atomic E-state index is -0.196. The van der Waals surface area contributed by atoms with Crippen LogP contribution in [0.15, 0.2) is 43.0 Å². The van der Waals surface area contributed by atoms with Gasteiger partial charge >= 0.3 is 5.97 Å². The second-order valence-corrected chi connectivity index (χ2v) is 4.92. The number of methoxy groups -OCH3 is 1. The molecule has 0 saturated heterocycles. The molecular formula is C16H21N3O2. The Labute approximate surface area is 125 Å². The molecule has 0 amide bonds. The third kappa shape index (κ3) is 4.43. The number of esters is 1. The number of hydrogen-bond donors (Lipinski definition) is 0. The zero-order chi connectivity index (χ0) is 15.1. The molecule has 2 rings (SSSR count). The van der Waals surface area contributed by atoms with Gasteiger partial charge in [-0.3, -0.25) is 9.69 Å². The minimum absolute atomic E-state index is 0.196. The fourth-order valence-electron chi connectivity index (χ4n) is 2.22. The Kier molecular flexibility index (Phi) is 5.51. The maximum absolute atomic E-state index is 11.4. The summed E-state index contributed by atoms with van der Waals surface area (Å²) in [7, 11) is 1.42. The van der Waals surface area contributed by atoms with Crippen molar-refractivity contribution in [1.29, 1.82) is 0 Å². The number of benzene rings is 1. The van der Waals surface area contributed by atoms with Gasteiger partial charge < -0.3 is 9.30 Å². The Morgan fingerprint density at radius 2 is 2.10 bits per heavy atom. The average Bonchev–Trinajstić information content (AvgIpc) is 3.02. The van der Waals surface area contributed by atoms with Gasteiger partial charge in [-0.05, 0) is 30.7 Å². The van der Waals surface area contributed by atoms with Crippen molar-refractivity contribution >= 4 is 5.97 Å². The molecule has 2 aromatic rings. The molecular weight excluding hydrogens is 266 g/mol. The van der Waals surface area contributed by atoms with Crippen LogP contribution in [0, 0.1) is 0 Å². The fourth-order valence-corrected chi connectivity index (χ4v) is 2.22. The highest BCUT2D eigenvalue weighted by Gasteiger charge is 2.10. The number of rotatable bonds is 7. The first-order chi connectivity index (χ1) is 10.2. The van der Waals surface area contributed by atoms with E-state index in [9.17, 15) is 4.79 Å². The second kappa shape index (κ2) is 7.59. The number of carbonyl (C=O) groups is 1. The molecule has 0 unspecified atom stereocenters. The summed E-state index contributed by atoms with van der Waals surface area (Å²) in [5.41, 5.74) is 2.25. The van der Waals surface area contributed by atoms with E-state index >= 15 is 0 Å². The Morgan fingerprint density at radius 1 is 1.33 bits per heavy atom. The lowest BCUT2D eigenvalue weighted by atomic mass is 10.2. The monoisotopic (exact) mass is 287 g/mol. The summed E-state index contributed by atoms with van der Waals surface area (Å²) in [6, 6.07) is 8.27. The Morgan fingerprint density at radius 3 is 2.67 bits per heavy atom. The number of aromatic nitrogens is 2. The molecule has 0 aliphatic carbocycles. The van der Waals surface area contributed by atoms with Gasteiger partial charge in [0, 0.05) is 24.6 Å². The number of imidazole rings is 1. The van der Waals surface area contributed by atoms with Gasteiger partial charge in [-0.2, -0.15) is 0 Å². The van der Waals surface area contributed by atoms with Crippen LogP contribution in [-0.2, 0) is 16.1 Å². The quantitative estimate of drug-likeness (QED) is 0.733. The highest BCUT2D eigenvalue weighted by atomic mass is 16.5. The van der Waals surface area contributed by atoms with Crippen molar-refractivity contribution < 1.29 is 9.53 Å². The van der Waals surface area contributed by atoms with Crippen LogP contribution in [-0.4, -0.2) is 40.6 Å². The summed E-state index contributed by atoms with van der Waals surface area (Å²) in [6.07, 6.45) is 6.45. The standard InChI is InChI=1S/C16H21N3O2/c1-3-9-18(12-16(20)21-2)11-14-4-6-15(7-5-14)19-10-8-17-13-19/h4-8,10,13H,3,9,11-12H2,1-2H3. The number of ether oxygens (including phenoxy) is 1. The van der Waals surface area contributed by atoms with E-state index in [2.05, 4.69) is 41.1 Å². The van der Waals surface area contributed by atoms with E-state index in [1.165, 1.54) is 12.7 Å². The summed E-state index contributed by atoms with van der Waals surface area (Å²) in [6.45, 7) is 4.05. The van der Waals surface area contributed by atoms with Gasteiger partial charge in [-0.1, -0.05) is 19.1 Å². The fraction of sp³-hybridized carbons (Fsp3) is 0.375. The third-order valence-corrected chi connectivity index (χ3v) is 3.27. The Bertz CT molecular complexity index is 549. The lowest BCUT2D eigenvalue weighted by Crippen LogP contribution is -2.30. The molecule has 0 saturated carbocycles. The molecule has 1 aromatic carbocycles. The van der Waals surface area contributed by atoms with Crippen molar-refractivity contribution in [3.8, 4) is 5.69 Å². The molecule has 0 aliphatic heterocycles. The van der Waals surface area contributed by atoms with Gasteiger partial charge in [-0.15, -0.1) is 0 Å². The lowest BCUT2D eigenvalue weighted by molar-refractivity contribution is -0.142. The second-order valence-electron chi connectivity index (χ2n) is 4.92. The minimum Gasteiger partial charge on any atom is -0.468 e. The summed E-state index contributed by atoms with van der Waals surface area (Å²) in [5, 5.41) is 0. The smallest absolute Gasteiger partial charge is 0.319 e. The van der Waals surface area contributed by atoms with Crippen LogP contribution in [0.25, 0.3) is 5.69 Å². The van der Waals surface area contributed by atoms with Crippen LogP contribution in [0.3, 0.4) is 0 Å². The van der Waals surface area contributed by atoms with E-state index < -0.39 is 0 Å². The van der Waals surface area contributed by atoms with Crippen LogP contribution in [0.5, 0.6) is 0 Å². The van der Waals surface area contributed by atoms with Gasteiger partial charge in [0.15, 0.2) is 0 Å². The first-order valence-electron chi connectivity index (χ1n) is 7.09. The van der Waals surface area contributed by atoms with Gasteiger partial charge in [0.05, 0.1) is 20.0 Å². The predicted octanol–water partition coefficient (Wildman–Crippen LogP) is 2.26. The van der Waals surface area contributed by atoms with Crippen LogP contribution in [0.4, 0.5) is 0 Å². The molecule has 0 N–H and O–H groups in total. The SMILES string of the molecule is CCCN(CC(=O)OC)Cc1ccc(-n2ccnc2)cc1. The van der Waals surface area contributed by atoms with E-state index in [0.29, 0.717) is 6.54 Å². The van der Waals surface area contributed by atoms with Gasteiger partial charge in [-0.25, -0.2) is 4.98 Å². The van der Waals surface area contributed by atoms with Crippen molar-refractivity contribution in [2.75, 3.05) is 20.2 Å². The molecule has 1 aromatic heterocycles. The Hall–Kier alpha value is -2.14. The normalized spacial score (nSPS) is 10.8. The summed E-state index contributed by atoms with van der Waals surface area (Å²) >= 11 is 0. The van der Waals surface area contributed by atoms with Crippen LogP contribution in [0.1, 0.15) is 18.9 Å².